The van der Waals surface area contributed by atoms with Crippen LogP contribution in [-0.4, -0.2) is 132 Å². The van der Waals surface area contributed by atoms with Crippen molar-refractivity contribution in [1.82, 2.24) is 113 Å². The van der Waals surface area contributed by atoms with Crippen LogP contribution in [0.25, 0.3) is 101 Å². The minimum atomic E-state index is 0.267. The Labute approximate surface area is 795 Å². The molecule has 0 amide bonds. The predicted octanol–water partition coefficient (Wildman–Crippen LogP) is 21.4. The van der Waals surface area contributed by atoms with Crippen LogP contribution in [0.1, 0.15) is 85.0 Å². The van der Waals surface area contributed by atoms with E-state index in [0.29, 0.717) is 6.42 Å². The highest BCUT2D eigenvalue weighted by atomic mass is 16.5. The summed E-state index contributed by atoms with van der Waals surface area (Å²) in [7, 11) is 3.34. The number of phenols is 1. The molecule has 0 unspecified atom stereocenters. The Kier molecular flexibility index (Phi) is 27.1. The van der Waals surface area contributed by atoms with Gasteiger partial charge in [0.15, 0.2) is 33.9 Å². The van der Waals surface area contributed by atoms with Gasteiger partial charge in [0.1, 0.15) is 52.2 Å². The second-order valence-electron chi connectivity index (χ2n) is 33.2. The highest BCUT2D eigenvalue weighted by Crippen LogP contribution is 2.29. The van der Waals surface area contributed by atoms with Gasteiger partial charge in [-0.05, 0) is 222 Å². The molecule has 676 valence electrons. The standard InChI is InChI=1S/C20H17N3O.C20H17N3.C19H16N4.C18H15N5.C18H16N4O.C17H14N4O/c1-24-18-10-7-15(8-11-18)13-20-22-21-19-12-9-17(14-23(19)20)16-5-3-2-4-6-16;1-15-7-9-16(10-8-15)13-20-22-21-19-12-11-18(14-23(19)20)17-5-3-2-4-6-17;1-14-5-7-15(8-6-14)12-19-22-21-18-10-9-16(13-23(18)19)17-4-2-3-11-20-17;1-13-2-4-14(5-3-13)10-18-22-21-17-7-6-15(12-23(17)18)16-11-19-8-9-20-16;1-23-15-7-4-13(5-8-15)11-18-21-20-17-9-6-14(12-22(17)18)16-3-2-10-19-16;22-14-6-3-12(4-7-14)10-17-20-19-16-8-5-13(11-21(16)17)15-2-1-9-18-15/h2-12,14H,13H2,1H3;2-12,14H,13H2,1H3;2-11,13H,12H2,1H3;2-9,11-12H,10H2,1H3;2-10,12,19H,11H2,1H3;1-9,11,18,22H,10H2. The minimum absolute atomic E-state index is 0.267. The SMILES string of the molecule is COc1ccc(Cc2nnc3ccc(-c4ccc[nH]4)cn23)cc1.COc1ccc(Cc2nnc3ccc(-c4ccccc4)cn23)cc1.Cc1ccc(Cc2nnc3ccc(-c4ccccc4)cn23)cc1.Cc1ccc(Cc2nnc3ccc(-c4ccccn4)cn23)cc1.Cc1ccc(Cc2nnc3ccc(-c4cnccn4)cn23)cc1.Oc1ccc(Cc2nnc3ccc(-c4ccc[nH]4)cn23)cc1. The number of H-pyrrole nitrogens is 2. The fourth-order valence-electron chi connectivity index (χ4n) is 15.9. The molecule has 24 rings (SSSR count). The predicted molar refractivity (Wildman–Crippen MR) is 537 cm³/mol. The van der Waals surface area contributed by atoms with Crippen molar-refractivity contribution in [2.24, 2.45) is 0 Å². The first-order valence-corrected chi connectivity index (χ1v) is 45.1. The number of benzene rings is 8. The summed E-state index contributed by atoms with van der Waals surface area (Å²) in [5, 5.41) is 60.9. The first-order valence-electron chi connectivity index (χ1n) is 45.1. The second kappa shape index (κ2) is 42.1. The lowest BCUT2D eigenvalue weighted by atomic mass is 10.1. The molecule has 138 heavy (non-hydrogen) atoms. The molecule has 0 fully saturated rings. The Balaban J connectivity index is 0.000000106. The quantitative estimate of drug-likeness (QED) is 0.0639. The molecule has 3 N–H and O–H groups in total. The van der Waals surface area contributed by atoms with E-state index in [1.54, 1.807) is 51.1 Å². The van der Waals surface area contributed by atoms with Crippen LogP contribution < -0.4 is 9.47 Å². The first-order chi connectivity index (χ1) is 67.8. The van der Waals surface area contributed by atoms with Crippen molar-refractivity contribution in [3.8, 4) is 84.5 Å². The number of aromatic nitrogens is 23. The largest absolute Gasteiger partial charge is 0.508 e. The summed E-state index contributed by atoms with van der Waals surface area (Å²) in [6.45, 7) is 6.28. The maximum absolute atomic E-state index is 9.36. The maximum atomic E-state index is 9.36. The van der Waals surface area contributed by atoms with Gasteiger partial charge >= 0.3 is 0 Å². The van der Waals surface area contributed by atoms with Gasteiger partial charge < -0.3 is 24.5 Å². The van der Waals surface area contributed by atoms with E-state index in [-0.39, 0.29) is 5.75 Å². The molecular weight excluding hydrogens is 1720 g/mol. The number of hydrogen-bond acceptors (Lipinski definition) is 18. The number of rotatable bonds is 20. The van der Waals surface area contributed by atoms with Crippen LogP contribution in [0.4, 0.5) is 0 Å². The van der Waals surface area contributed by atoms with Crippen LogP contribution in [-0.2, 0) is 38.5 Å². The summed E-state index contributed by atoms with van der Waals surface area (Å²) in [6.07, 6.45) is 27.5. The van der Waals surface area contributed by atoms with E-state index in [2.05, 4.69) is 292 Å². The number of nitrogens with one attached hydrogen (secondary N) is 2. The van der Waals surface area contributed by atoms with Crippen LogP contribution in [0, 0.1) is 20.8 Å². The number of phenolic OH excluding ortho intramolecular Hbond substituents is 1. The summed E-state index contributed by atoms with van der Waals surface area (Å²) in [6, 6.07) is 108. The molecule has 8 aromatic carbocycles. The Morgan fingerprint density at radius 3 is 0.841 bits per heavy atom. The fourth-order valence-corrected chi connectivity index (χ4v) is 15.9. The number of ether oxygens (including phenoxy) is 2. The number of aromatic amines is 2. The number of aryl methyl sites for hydroxylation is 3. The lowest BCUT2D eigenvalue weighted by Gasteiger charge is -2.05. The van der Waals surface area contributed by atoms with Crippen molar-refractivity contribution in [3.05, 3.63) is 481 Å². The number of hydrogen-bond donors (Lipinski definition) is 3. The second-order valence-corrected chi connectivity index (χ2v) is 33.2. The van der Waals surface area contributed by atoms with Crippen LogP contribution in [0.2, 0.25) is 0 Å². The zero-order chi connectivity index (χ0) is 93.9. The number of pyridine rings is 7. The van der Waals surface area contributed by atoms with Crippen molar-refractivity contribution in [1.29, 1.82) is 0 Å². The van der Waals surface area contributed by atoms with Crippen molar-refractivity contribution in [2.45, 2.75) is 59.3 Å². The molecule has 0 bridgehead atoms. The number of fused-ring (bicyclic) bond motifs is 6. The lowest BCUT2D eigenvalue weighted by Crippen LogP contribution is -1.97. The van der Waals surface area contributed by atoms with Gasteiger partial charge in [0.05, 0.1) is 31.8 Å². The van der Waals surface area contributed by atoms with E-state index in [9.17, 15) is 5.11 Å². The van der Waals surface area contributed by atoms with Crippen LogP contribution >= 0.6 is 0 Å². The van der Waals surface area contributed by atoms with Crippen LogP contribution in [0.5, 0.6) is 17.2 Å². The molecule has 0 aliphatic rings. The third-order valence-corrected chi connectivity index (χ3v) is 23.5. The van der Waals surface area contributed by atoms with E-state index in [1.165, 1.54) is 61.2 Å². The molecule has 0 saturated heterocycles. The van der Waals surface area contributed by atoms with Gasteiger partial charge in [0.2, 0.25) is 0 Å². The van der Waals surface area contributed by atoms with E-state index < -0.39 is 0 Å². The summed E-state index contributed by atoms with van der Waals surface area (Å²) in [5.74, 6) is 7.49. The van der Waals surface area contributed by atoms with E-state index in [1.807, 2.05) is 200 Å². The molecule has 16 aromatic heterocycles. The smallest absolute Gasteiger partial charge is 0.160 e. The molecule has 0 aliphatic carbocycles. The van der Waals surface area contributed by atoms with Crippen molar-refractivity contribution >= 4 is 33.9 Å². The zero-order valence-electron chi connectivity index (χ0n) is 76.4. The van der Waals surface area contributed by atoms with Gasteiger partial charge in [-0.15, -0.1) is 61.2 Å². The molecule has 0 saturated carbocycles. The van der Waals surface area contributed by atoms with Gasteiger partial charge in [-0.1, -0.05) is 193 Å². The maximum Gasteiger partial charge on any atom is 0.160 e. The van der Waals surface area contributed by atoms with E-state index >= 15 is 0 Å². The molecule has 0 radical (unpaired) electrons. The average molecular weight is 1810 g/mol. The van der Waals surface area contributed by atoms with Crippen molar-refractivity contribution < 1.29 is 14.6 Å². The molecule has 24 aromatic rings. The fraction of sp³-hybridized carbons (Fsp3) is 0.0982. The van der Waals surface area contributed by atoms with Gasteiger partial charge in [0.25, 0.3) is 0 Å². The molecular formula is C112H95N23O3. The first kappa shape index (κ1) is 88.9. The molecule has 26 nitrogen and oxygen atoms in total. The van der Waals surface area contributed by atoms with Crippen LogP contribution in [0.3, 0.4) is 0 Å². The molecule has 16 heterocycles. The summed E-state index contributed by atoms with van der Waals surface area (Å²) >= 11 is 0. The van der Waals surface area contributed by atoms with Gasteiger partial charge in [-0.3, -0.25) is 41.4 Å². The van der Waals surface area contributed by atoms with Crippen LogP contribution in [0.15, 0.2) is 396 Å². The highest BCUT2D eigenvalue weighted by molar-refractivity contribution is 5.68. The number of aromatic hydroxyl groups is 1. The van der Waals surface area contributed by atoms with Gasteiger partial charge in [0, 0.05) is 140 Å². The Morgan fingerprint density at radius 1 is 0.246 bits per heavy atom. The Bertz CT molecular complexity index is 7710. The van der Waals surface area contributed by atoms with Crippen molar-refractivity contribution in [2.75, 3.05) is 14.2 Å². The van der Waals surface area contributed by atoms with Crippen molar-refractivity contribution in [3.63, 3.8) is 0 Å². The third kappa shape index (κ3) is 21.7. The topological polar surface area (TPSA) is 290 Å². The Morgan fingerprint density at radius 2 is 0.536 bits per heavy atom. The summed E-state index contributed by atoms with van der Waals surface area (Å²) < 4.78 is 22.7. The molecule has 26 heteroatoms. The van der Waals surface area contributed by atoms with Gasteiger partial charge in [-0.2, -0.15) is 0 Å². The van der Waals surface area contributed by atoms with E-state index in [0.717, 1.165) is 169 Å². The Hall–Kier alpha value is -18.3. The molecule has 0 atom stereocenters. The van der Waals surface area contributed by atoms with E-state index in [4.69, 9.17) is 9.47 Å². The zero-order valence-corrected chi connectivity index (χ0v) is 76.4. The monoisotopic (exact) mass is 1810 g/mol. The molecule has 0 aliphatic heterocycles. The average Bonchev–Trinajstić information content (AvgIpc) is 1.67. The number of methoxy groups -OCH3 is 2. The van der Waals surface area contributed by atoms with Gasteiger partial charge in [-0.25, -0.2) is 0 Å². The molecule has 0 spiro atoms. The lowest BCUT2D eigenvalue weighted by molar-refractivity contribution is 0.414. The highest BCUT2D eigenvalue weighted by Gasteiger charge is 2.17. The summed E-state index contributed by atoms with van der Waals surface area (Å²) in [4.78, 5) is 19.3. The number of nitrogens with zero attached hydrogens (tertiary/aromatic N) is 21. The third-order valence-electron chi connectivity index (χ3n) is 23.5. The minimum Gasteiger partial charge on any atom is -0.508 e. The normalized spacial score (nSPS) is 11.0. The summed E-state index contributed by atoms with van der Waals surface area (Å²) in [5.41, 5.74) is 28.9.